The van der Waals surface area contributed by atoms with Crippen LogP contribution in [-0.4, -0.2) is 62.9 Å². The maximum atomic E-state index is 12.6. The first-order valence-electron chi connectivity index (χ1n) is 8.81. The SMILES string of the molecule is COCCNCC(=O)N(CC1CCCO1)C1CCC(C)CC1. The van der Waals surface area contributed by atoms with Crippen molar-refractivity contribution in [3.05, 3.63) is 0 Å². The van der Waals surface area contributed by atoms with Gasteiger partial charge in [-0.1, -0.05) is 6.92 Å². The minimum Gasteiger partial charge on any atom is -0.383 e. The molecule has 5 heteroatoms. The molecule has 1 amide bonds. The highest BCUT2D eigenvalue weighted by molar-refractivity contribution is 5.78. The Morgan fingerprint density at radius 2 is 2.05 bits per heavy atom. The third kappa shape index (κ3) is 5.52. The summed E-state index contributed by atoms with van der Waals surface area (Å²) in [5.41, 5.74) is 0. The van der Waals surface area contributed by atoms with Gasteiger partial charge in [-0.05, 0) is 44.4 Å². The lowest BCUT2D eigenvalue weighted by atomic mass is 9.86. The van der Waals surface area contributed by atoms with Gasteiger partial charge < -0.3 is 19.7 Å². The van der Waals surface area contributed by atoms with Gasteiger partial charge >= 0.3 is 0 Å². The fraction of sp³-hybridized carbons (Fsp3) is 0.941. The van der Waals surface area contributed by atoms with Crippen LogP contribution in [0, 0.1) is 5.92 Å². The van der Waals surface area contributed by atoms with Gasteiger partial charge in [-0.2, -0.15) is 0 Å². The molecular formula is C17H32N2O3. The van der Waals surface area contributed by atoms with Crippen molar-refractivity contribution in [1.29, 1.82) is 0 Å². The average molecular weight is 312 g/mol. The molecular weight excluding hydrogens is 280 g/mol. The highest BCUT2D eigenvalue weighted by Gasteiger charge is 2.30. The third-order valence-corrected chi connectivity index (χ3v) is 4.93. The number of carbonyl (C=O) groups is 1. The zero-order chi connectivity index (χ0) is 15.8. The van der Waals surface area contributed by atoms with Gasteiger partial charge in [0.15, 0.2) is 0 Å². The van der Waals surface area contributed by atoms with Gasteiger partial charge in [0.25, 0.3) is 0 Å². The van der Waals surface area contributed by atoms with Gasteiger partial charge in [-0.3, -0.25) is 4.79 Å². The molecule has 2 aliphatic rings. The number of amides is 1. The van der Waals surface area contributed by atoms with Gasteiger partial charge in [0.2, 0.25) is 5.91 Å². The summed E-state index contributed by atoms with van der Waals surface area (Å²) >= 11 is 0. The predicted molar refractivity (Wildman–Crippen MR) is 86.9 cm³/mol. The van der Waals surface area contributed by atoms with Gasteiger partial charge in [-0.15, -0.1) is 0 Å². The van der Waals surface area contributed by atoms with Crippen LogP contribution >= 0.6 is 0 Å². The fourth-order valence-electron chi connectivity index (χ4n) is 3.49. The fourth-order valence-corrected chi connectivity index (χ4v) is 3.49. The molecule has 1 saturated carbocycles. The maximum absolute atomic E-state index is 12.6. The first-order chi connectivity index (χ1) is 10.7. The molecule has 0 bridgehead atoms. The third-order valence-electron chi connectivity index (χ3n) is 4.93. The van der Waals surface area contributed by atoms with Crippen LogP contribution in [-0.2, 0) is 14.3 Å². The minimum atomic E-state index is 0.214. The first kappa shape index (κ1) is 17.7. The van der Waals surface area contributed by atoms with E-state index in [2.05, 4.69) is 17.1 Å². The van der Waals surface area contributed by atoms with Crippen LogP contribution < -0.4 is 5.32 Å². The van der Waals surface area contributed by atoms with Crippen molar-refractivity contribution in [2.75, 3.05) is 40.0 Å². The van der Waals surface area contributed by atoms with E-state index in [0.717, 1.165) is 51.3 Å². The zero-order valence-corrected chi connectivity index (χ0v) is 14.2. The smallest absolute Gasteiger partial charge is 0.236 e. The highest BCUT2D eigenvalue weighted by Crippen LogP contribution is 2.28. The molecule has 2 fully saturated rings. The maximum Gasteiger partial charge on any atom is 0.236 e. The Hall–Kier alpha value is -0.650. The summed E-state index contributed by atoms with van der Waals surface area (Å²) in [7, 11) is 1.68. The van der Waals surface area contributed by atoms with Crippen molar-refractivity contribution in [3.8, 4) is 0 Å². The van der Waals surface area contributed by atoms with Gasteiger partial charge in [0.05, 0.1) is 19.3 Å². The molecule has 0 aromatic carbocycles. The molecule has 0 aromatic rings. The Balaban J connectivity index is 1.86. The summed E-state index contributed by atoms with van der Waals surface area (Å²) in [5, 5.41) is 3.18. The Bertz CT molecular complexity index is 324. The lowest BCUT2D eigenvalue weighted by molar-refractivity contribution is -0.135. The number of methoxy groups -OCH3 is 1. The van der Waals surface area contributed by atoms with Gasteiger partial charge in [0.1, 0.15) is 0 Å². The van der Waals surface area contributed by atoms with Crippen molar-refractivity contribution in [1.82, 2.24) is 10.2 Å². The molecule has 1 aliphatic carbocycles. The molecule has 1 saturated heterocycles. The minimum absolute atomic E-state index is 0.214. The second kappa shape index (κ2) is 9.48. The average Bonchev–Trinajstić information content (AvgIpc) is 3.03. The second-order valence-electron chi connectivity index (χ2n) is 6.76. The molecule has 1 atom stereocenters. The molecule has 1 unspecified atom stereocenters. The van der Waals surface area contributed by atoms with Gasteiger partial charge in [-0.25, -0.2) is 0 Å². The summed E-state index contributed by atoms with van der Waals surface area (Å²) < 4.78 is 10.8. The molecule has 0 aromatic heterocycles. The van der Waals surface area contributed by atoms with E-state index in [0.29, 0.717) is 19.2 Å². The second-order valence-corrected chi connectivity index (χ2v) is 6.76. The number of rotatable bonds is 8. The van der Waals surface area contributed by atoms with Crippen molar-refractivity contribution in [3.63, 3.8) is 0 Å². The van der Waals surface area contributed by atoms with E-state index < -0.39 is 0 Å². The van der Waals surface area contributed by atoms with Crippen LogP contribution in [0.1, 0.15) is 45.4 Å². The topological polar surface area (TPSA) is 50.8 Å². The van der Waals surface area contributed by atoms with Crippen LogP contribution in [0.4, 0.5) is 0 Å². The molecule has 0 radical (unpaired) electrons. The molecule has 22 heavy (non-hydrogen) atoms. The van der Waals surface area contributed by atoms with E-state index in [1.807, 2.05) is 0 Å². The standard InChI is InChI=1S/C17H32N2O3/c1-14-5-7-15(8-6-14)19(13-16-4-3-10-22-16)17(20)12-18-9-11-21-2/h14-16,18H,3-13H2,1-2H3. The Morgan fingerprint density at radius 1 is 1.27 bits per heavy atom. The monoisotopic (exact) mass is 312 g/mol. The Kier molecular flexibility index (Phi) is 7.63. The summed E-state index contributed by atoms with van der Waals surface area (Å²) in [6, 6.07) is 0.400. The van der Waals surface area contributed by atoms with E-state index in [1.54, 1.807) is 7.11 Å². The Morgan fingerprint density at radius 3 is 2.68 bits per heavy atom. The number of ether oxygens (including phenoxy) is 2. The number of nitrogens with one attached hydrogen (secondary N) is 1. The van der Waals surface area contributed by atoms with Crippen molar-refractivity contribution < 1.29 is 14.3 Å². The summed E-state index contributed by atoms with van der Waals surface area (Å²) in [4.78, 5) is 14.7. The number of hydrogen-bond donors (Lipinski definition) is 1. The molecule has 1 N–H and O–H groups in total. The molecule has 1 heterocycles. The summed E-state index contributed by atoms with van der Waals surface area (Å²) in [6.45, 7) is 5.69. The van der Waals surface area contributed by atoms with Gasteiger partial charge in [0, 0.05) is 32.8 Å². The van der Waals surface area contributed by atoms with Crippen LogP contribution in [0.5, 0.6) is 0 Å². The molecule has 2 rings (SSSR count). The van der Waals surface area contributed by atoms with E-state index in [9.17, 15) is 4.79 Å². The predicted octanol–water partition coefficient (Wildman–Crippen LogP) is 1.81. The van der Waals surface area contributed by atoms with E-state index in [4.69, 9.17) is 9.47 Å². The van der Waals surface area contributed by atoms with E-state index in [1.165, 1.54) is 12.8 Å². The molecule has 128 valence electrons. The Labute approximate surface area is 134 Å². The number of carbonyl (C=O) groups excluding carboxylic acids is 1. The van der Waals surface area contributed by atoms with Crippen molar-refractivity contribution in [2.24, 2.45) is 5.92 Å². The quantitative estimate of drug-likeness (QED) is 0.695. The van der Waals surface area contributed by atoms with E-state index >= 15 is 0 Å². The van der Waals surface area contributed by atoms with Crippen molar-refractivity contribution in [2.45, 2.75) is 57.6 Å². The van der Waals surface area contributed by atoms with E-state index in [-0.39, 0.29) is 12.0 Å². The molecule has 5 nitrogen and oxygen atoms in total. The first-order valence-corrected chi connectivity index (χ1v) is 8.81. The van der Waals surface area contributed by atoms with Crippen LogP contribution in [0.2, 0.25) is 0 Å². The summed E-state index contributed by atoms with van der Waals surface area (Å²) in [6.07, 6.45) is 7.19. The van der Waals surface area contributed by atoms with Crippen LogP contribution in [0.3, 0.4) is 0 Å². The van der Waals surface area contributed by atoms with Crippen LogP contribution in [0.25, 0.3) is 0 Å². The lowest BCUT2D eigenvalue weighted by Gasteiger charge is -2.37. The normalized spacial score (nSPS) is 28.7. The van der Waals surface area contributed by atoms with Crippen LogP contribution in [0.15, 0.2) is 0 Å². The molecule has 0 spiro atoms. The number of nitrogens with zero attached hydrogens (tertiary/aromatic N) is 1. The summed E-state index contributed by atoms with van der Waals surface area (Å²) in [5.74, 6) is 1.02. The highest BCUT2D eigenvalue weighted by atomic mass is 16.5. The molecule has 1 aliphatic heterocycles. The number of hydrogen-bond acceptors (Lipinski definition) is 4. The zero-order valence-electron chi connectivity index (χ0n) is 14.2. The lowest BCUT2D eigenvalue weighted by Crippen LogP contribution is -2.49. The van der Waals surface area contributed by atoms with Crippen molar-refractivity contribution >= 4 is 5.91 Å². The largest absolute Gasteiger partial charge is 0.383 e.